The Morgan fingerprint density at radius 3 is 2.09 bits per heavy atom. The Balaban J connectivity index is 2.05. The molecule has 0 aliphatic heterocycles. The van der Waals surface area contributed by atoms with Gasteiger partial charge < -0.3 is 4.74 Å². The van der Waals surface area contributed by atoms with Crippen LogP contribution in [0.4, 0.5) is 13.2 Å². The van der Waals surface area contributed by atoms with Crippen molar-refractivity contribution in [2.45, 2.75) is 30.5 Å². The number of sulfonamides is 1. The van der Waals surface area contributed by atoms with E-state index in [0.717, 1.165) is 12.1 Å². The number of carbonyl (C=O) groups excluding carboxylic acids is 1. The largest absolute Gasteiger partial charge is 0.483 e. The van der Waals surface area contributed by atoms with E-state index in [1.807, 2.05) is 0 Å². The minimum atomic E-state index is -4.64. The third kappa shape index (κ3) is 5.14. The van der Waals surface area contributed by atoms with Crippen molar-refractivity contribution in [2.75, 3.05) is 0 Å². The third-order valence-corrected chi connectivity index (χ3v) is 5.64. The fraction of sp³-hybridized carbons (Fsp3) is 0.182. The molecular formula is C22H19F3N2O4S. The van der Waals surface area contributed by atoms with Crippen molar-refractivity contribution >= 4 is 15.8 Å². The van der Waals surface area contributed by atoms with Gasteiger partial charge in [0, 0.05) is 29.1 Å². The van der Waals surface area contributed by atoms with E-state index < -0.39 is 33.1 Å². The molecule has 0 aliphatic rings. The molecule has 0 saturated carbocycles. The van der Waals surface area contributed by atoms with Crippen LogP contribution in [0.3, 0.4) is 0 Å². The van der Waals surface area contributed by atoms with E-state index >= 15 is 0 Å². The van der Waals surface area contributed by atoms with Crippen LogP contribution < -0.4 is 9.88 Å². The molecule has 3 aromatic rings. The molecule has 32 heavy (non-hydrogen) atoms. The maximum atomic E-state index is 13.3. The van der Waals surface area contributed by atoms with E-state index in [4.69, 9.17) is 9.88 Å². The first-order chi connectivity index (χ1) is 14.8. The summed E-state index contributed by atoms with van der Waals surface area (Å²) in [5.74, 6) is -0.376. The van der Waals surface area contributed by atoms with E-state index in [1.165, 1.54) is 54.9 Å². The van der Waals surface area contributed by atoms with Gasteiger partial charge in [-0.05, 0) is 62.4 Å². The molecule has 0 unspecified atom stereocenters. The predicted octanol–water partition coefficient (Wildman–Crippen LogP) is 4.29. The van der Waals surface area contributed by atoms with Crippen LogP contribution >= 0.6 is 0 Å². The van der Waals surface area contributed by atoms with Crippen molar-refractivity contribution in [1.82, 2.24) is 4.98 Å². The molecule has 168 valence electrons. The van der Waals surface area contributed by atoms with Gasteiger partial charge in [-0.25, -0.2) is 13.6 Å². The van der Waals surface area contributed by atoms with Gasteiger partial charge in [-0.15, -0.1) is 0 Å². The molecule has 0 bridgehead atoms. The number of nitrogens with zero attached hydrogens (tertiary/aromatic N) is 1. The molecule has 0 atom stereocenters. The average Bonchev–Trinajstić information content (AvgIpc) is 2.72. The van der Waals surface area contributed by atoms with Crippen molar-refractivity contribution < 1.29 is 31.1 Å². The van der Waals surface area contributed by atoms with Gasteiger partial charge in [0.25, 0.3) is 0 Å². The highest BCUT2D eigenvalue weighted by Crippen LogP contribution is 2.36. The Morgan fingerprint density at radius 2 is 1.56 bits per heavy atom. The summed E-state index contributed by atoms with van der Waals surface area (Å²) < 4.78 is 68.8. The zero-order valence-electron chi connectivity index (χ0n) is 17.1. The van der Waals surface area contributed by atoms with Crippen LogP contribution in [0, 0.1) is 0 Å². The van der Waals surface area contributed by atoms with E-state index in [9.17, 15) is 26.4 Å². The number of ether oxygens (including phenoxy) is 1. The van der Waals surface area contributed by atoms with E-state index in [1.54, 1.807) is 13.8 Å². The van der Waals surface area contributed by atoms with E-state index in [2.05, 4.69) is 4.98 Å². The van der Waals surface area contributed by atoms with Crippen LogP contribution in [0.15, 0.2) is 71.9 Å². The number of carbonyl (C=O) groups is 1. The number of halogens is 3. The molecule has 1 heterocycles. The van der Waals surface area contributed by atoms with Crippen LogP contribution in [0.2, 0.25) is 0 Å². The molecule has 3 rings (SSSR count). The van der Waals surface area contributed by atoms with Crippen LogP contribution in [0.25, 0.3) is 0 Å². The average molecular weight is 464 g/mol. The Bertz CT molecular complexity index is 1240. The van der Waals surface area contributed by atoms with Crippen molar-refractivity contribution in [3.8, 4) is 5.75 Å². The maximum absolute atomic E-state index is 13.3. The molecule has 0 fully saturated rings. The first-order valence-electron chi connectivity index (χ1n) is 9.27. The molecule has 0 radical (unpaired) electrons. The molecule has 0 amide bonds. The first kappa shape index (κ1) is 23.4. The number of benzene rings is 2. The van der Waals surface area contributed by atoms with Crippen molar-refractivity contribution in [3.05, 3.63) is 89.2 Å². The van der Waals surface area contributed by atoms with Crippen molar-refractivity contribution in [3.63, 3.8) is 0 Å². The molecule has 1 aromatic heterocycles. The lowest BCUT2D eigenvalue weighted by Gasteiger charge is -2.29. The van der Waals surface area contributed by atoms with Crippen LogP contribution in [0.1, 0.15) is 40.9 Å². The second-order valence-electron chi connectivity index (χ2n) is 7.45. The highest BCUT2D eigenvalue weighted by atomic mass is 32.2. The lowest BCUT2D eigenvalue weighted by molar-refractivity contribution is -0.137. The quantitative estimate of drug-likeness (QED) is 0.549. The van der Waals surface area contributed by atoms with Crippen LogP contribution in [-0.2, 0) is 21.8 Å². The molecule has 2 N–H and O–H groups in total. The van der Waals surface area contributed by atoms with Gasteiger partial charge in [-0.2, -0.15) is 13.2 Å². The van der Waals surface area contributed by atoms with Gasteiger partial charge in [0.1, 0.15) is 11.4 Å². The molecular weight excluding hydrogens is 445 g/mol. The third-order valence-electron chi connectivity index (χ3n) is 4.71. The fourth-order valence-corrected chi connectivity index (χ4v) is 3.65. The van der Waals surface area contributed by atoms with Gasteiger partial charge in [-0.3, -0.25) is 9.78 Å². The molecule has 10 heteroatoms. The summed E-state index contributed by atoms with van der Waals surface area (Å²) in [4.78, 5) is 16.8. The molecule has 6 nitrogen and oxygen atoms in total. The minimum Gasteiger partial charge on any atom is -0.483 e. The minimum absolute atomic E-state index is 0.120. The SMILES string of the molecule is CC(C)(Oc1ccc(S(N)(=O)=O)cc1)c1ccc(C(F)(F)F)cc1C(=O)c1ccncc1. The number of ketones is 1. The monoisotopic (exact) mass is 464 g/mol. The molecule has 0 spiro atoms. The number of aromatic nitrogens is 1. The number of primary sulfonamides is 1. The summed E-state index contributed by atoms with van der Waals surface area (Å²) in [5.41, 5.74) is -1.98. The summed E-state index contributed by atoms with van der Waals surface area (Å²) >= 11 is 0. The lowest BCUT2D eigenvalue weighted by atomic mass is 9.87. The summed E-state index contributed by atoms with van der Waals surface area (Å²) in [5, 5.41) is 5.08. The van der Waals surface area contributed by atoms with Gasteiger partial charge in [0.15, 0.2) is 5.78 Å². The standard InChI is InChI=1S/C22H19F3N2O4S/c1-21(2,31-16-4-6-17(7-5-16)32(26,29)30)19-8-3-15(22(23,24)25)13-18(19)20(28)14-9-11-27-12-10-14/h3-13H,1-2H3,(H2,26,29,30). The summed E-state index contributed by atoms with van der Waals surface area (Å²) in [6.07, 6.45) is -1.90. The summed E-state index contributed by atoms with van der Waals surface area (Å²) in [6.45, 7) is 3.18. The molecule has 0 saturated heterocycles. The molecule has 2 aromatic carbocycles. The summed E-state index contributed by atoms with van der Waals surface area (Å²) in [7, 11) is -3.89. The zero-order valence-corrected chi connectivity index (χ0v) is 17.9. The van der Waals surface area contributed by atoms with Crippen molar-refractivity contribution in [1.29, 1.82) is 0 Å². The smallest absolute Gasteiger partial charge is 0.416 e. The highest BCUT2D eigenvalue weighted by Gasteiger charge is 2.35. The first-order valence-corrected chi connectivity index (χ1v) is 10.8. The topological polar surface area (TPSA) is 99.4 Å². The second-order valence-corrected chi connectivity index (χ2v) is 9.01. The predicted molar refractivity (Wildman–Crippen MR) is 111 cm³/mol. The van der Waals surface area contributed by atoms with E-state index in [-0.39, 0.29) is 27.3 Å². The Morgan fingerprint density at radius 1 is 0.969 bits per heavy atom. The number of rotatable bonds is 6. The normalized spacial score (nSPS) is 12.4. The van der Waals surface area contributed by atoms with Gasteiger partial charge in [0.2, 0.25) is 10.0 Å². The summed E-state index contributed by atoms with van der Waals surface area (Å²) in [6, 6.07) is 10.9. The van der Waals surface area contributed by atoms with Crippen LogP contribution in [-0.4, -0.2) is 19.2 Å². The van der Waals surface area contributed by atoms with Gasteiger partial charge >= 0.3 is 6.18 Å². The number of hydrogen-bond donors (Lipinski definition) is 1. The van der Waals surface area contributed by atoms with E-state index in [0.29, 0.717) is 0 Å². The zero-order chi connectivity index (χ0) is 23.7. The van der Waals surface area contributed by atoms with Gasteiger partial charge in [-0.1, -0.05) is 6.07 Å². The lowest BCUT2D eigenvalue weighted by Crippen LogP contribution is -2.28. The fourth-order valence-electron chi connectivity index (χ4n) is 3.14. The molecule has 0 aliphatic carbocycles. The highest BCUT2D eigenvalue weighted by molar-refractivity contribution is 7.89. The number of pyridine rings is 1. The second kappa shape index (κ2) is 8.36. The number of nitrogens with two attached hydrogens (primary N) is 1. The van der Waals surface area contributed by atoms with Gasteiger partial charge in [0.05, 0.1) is 10.5 Å². The number of alkyl halides is 3. The van der Waals surface area contributed by atoms with Crippen LogP contribution in [0.5, 0.6) is 5.75 Å². The van der Waals surface area contributed by atoms with Crippen molar-refractivity contribution in [2.24, 2.45) is 5.14 Å². The Hall–Kier alpha value is -3.24. The Kier molecular flexibility index (Phi) is 6.12. The maximum Gasteiger partial charge on any atom is 0.416 e. The number of hydrogen-bond acceptors (Lipinski definition) is 5. The Labute approximate surface area is 182 Å².